The van der Waals surface area contributed by atoms with Crippen molar-refractivity contribution in [2.24, 2.45) is 5.92 Å². The molecule has 0 aromatic rings. The molecule has 0 amide bonds. The van der Waals surface area contributed by atoms with E-state index in [1.54, 1.807) is 0 Å². The Morgan fingerprint density at radius 2 is 2.25 bits per heavy atom. The van der Waals surface area contributed by atoms with E-state index >= 15 is 0 Å². The van der Waals surface area contributed by atoms with Crippen molar-refractivity contribution in [2.45, 2.75) is 13.8 Å². The minimum absolute atomic E-state index is 0.154. The molecule has 0 aromatic heterocycles. The van der Waals surface area contributed by atoms with Gasteiger partial charge in [-0.05, 0) is 19.7 Å². The van der Waals surface area contributed by atoms with Gasteiger partial charge in [0.1, 0.15) is 0 Å². The third-order valence-corrected chi connectivity index (χ3v) is 2.51. The summed E-state index contributed by atoms with van der Waals surface area (Å²) in [6, 6.07) is 2.24. The fourth-order valence-corrected chi connectivity index (χ4v) is 1.69. The lowest BCUT2D eigenvalue weighted by Gasteiger charge is -2.16. The van der Waals surface area contributed by atoms with E-state index < -0.39 is 0 Å². The summed E-state index contributed by atoms with van der Waals surface area (Å²) in [7, 11) is 2.07. The van der Waals surface area contributed by atoms with Gasteiger partial charge in [-0.1, -0.05) is 6.92 Å². The average Bonchev–Trinajstić information content (AvgIpc) is 2.05. The molecule has 0 bridgehead atoms. The van der Waals surface area contributed by atoms with Crippen LogP contribution in [0.4, 0.5) is 0 Å². The molecular weight excluding hydrogens is 168 g/mol. The molecule has 0 aromatic carbocycles. The number of thioether (sulfide) groups is 1. The van der Waals surface area contributed by atoms with Crippen LogP contribution in [0, 0.1) is 17.2 Å². The van der Waals surface area contributed by atoms with Gasteiger partial charge in [0.15, 0.2) is 0 Å². The Kier molecular flexibility index (Phi) is 7.33. The normalized spacial score (nSPS) is 12.9. The molecule has 0 aliphatic rings. The van der Waals surface area contributed by atoms with Crippen LogP contribution in [0.1, 0.15) is 13.8 Å². The Bertz CT molecular complexity index is 142. The van der Waals surface area contributed by atoms with E-state index in [4.69, 9.17) is 5.26 Å². The Hall–Kier alpha value is -0.200. The molecule has 0 saturated carbocycles. The van der Waals surface area contributed by atoms with Crippen molar-refractivity contribution in [1.82, 2.24) is 4.90 Å². The zero-order valence-electron chi connectivity index (χ0n) is 8.21. The highest BCUT2D eigenvalue weighted by atomic mass is 32.2. The van der Waals surface area contributed by atoms with Crippen LogP contribution in [0.5, 0.6) is 0 Å². The highest BCUT2D eigenvalue weighted by Gasteiger charge is 2.03. The summed E-state index contributed by atoms with van der Waals surface area (Å²) in [4.78, 5) is 2.22. The molecule has 0 fully saturated rings. The molecule has 3 heteroatoms. The van der Waals surface area contributed by atoms with Gasteiger partial charge in [0.05, 0.1) is 12.0 Å². The van der Waals surface area contributed by atoms with E-state index in [0.717, 1.165) is 13.1 Å². The van der Waals surface area contributed by atoms with E-state index in [1.165, 1.54) is 11.5 Å². The second kappa shape index (κ2) is 7.45. The van der Waals surface area contributed by atoms with Gasteiger partial charge in [-0.25, -0.2) is 0 Å². The van der Waals surface area contributed by atoms with Gasteiger partial charge in [0.2, 0.25) is 0 Å². The smallest absolute Gasteiger partial charge is 0.0666 e. The van der Waals surface area contributed by atoms with Gasteiger partial charge >= 0.3 is 0 Å². The topological polar surface area (TPSA) is 27.0 Å². The second-order valence-corrected chi connectivity index (χ2v) is 4.38. The van der Waals surface area contributed by atoms with Crippen LogP contribution < -0.4 is 0 Å². The fourth-order valence-electron chi connectivity index (χ4n) is 0.964. The van der Waals surface area contributed by atoms with Crippen LogP contribution in [0.15, 0.2) is 0 Å². The first-order chi connectivity index (χ1) is 5.70. The largest absolute Gasteiger partial charge is 0.304 e. The Morgan fingerprint density at radius 3 is 2.75 bits per heavy atom. The minimum atomic E-state index is 0.154. The van der Waals surface area contributed by atoms with E-state index in [-0.39, 0.29) is 5.92 Å². The van der Waals surface area contributed by atoms with Crippen LogP contribution in [-0.2, 0) is 0 Å². The van der Waals surface area contributed by atoms with Crippen molar-refractivity contribution in [3.05, 3.63) is 0 Å². The van der Waals surface area contributed by atoms with Gasteiger partial charge in [-0.15, -0.1) is 0 Å². The van der Waals surface area contributed by atoms with Crippen LogP contribution >= 0.6 is 11.8 Å². The minimum Gasteiger partial charge on any atom is -0.304 e. The van der Waals surface area contributed by atoms with Crippen LogP contribution in [-0.4, -0.2) is 36.5 Å². The molecule has 70 valence electrons. The van der Waals surface area contributed by atoms with E-state index in [9.17, 15) is 0 Å². The molecule has 0 radical (unpaired) electrons. The van der Waals surface area contributed by atoms with Gasteiger partial charge in [0.25, 0.3) is 0 Å². The third-order valence-electron chi connectivity index (χ3n) is 1.63. The van der Waals surface area contributed by atoms with Gasteiger partial charge < -0.3 is 4.90 Å². The lowest BCUT2D eigenvalue weighted by atomic mass is 10.2. The quantitative estimate of drug-likeness (QED) is 0.592. The van der Waals surface area contributed by atoms with Crippen molar-refractivity contribution in [3.8, 4) is 6.07 Å². The molecule has 0 spiro atoms. The van der Waals surface area contributed by atoms with Crippen molar-refractivity contribution in [2.75, 3.05) is 31.6 Å². The highest BCUT2D eigenvalue weighted by molar-refractivity contribution is 7.99. The molecular formula is C9H18N2S. The molecule has 2 nitrogen and oxygen atoms in total. The first-order valence-electron chi connectivity index (χ1n) is 4.36. The molecule has 0 N–H and O–H groups in total. The van der Waals surface area contributed by atoms with Crippen molar-refractivity contribution >= 4 is 11.8 Å². The standard InChI is InChI=1S/C9H18N2S/c1-4-12-6-5-11(3)8-9(2)7-10/h9H,4-6,8H2,1-3H3. The predicted octanol–water partition coefficient (Wildman–Crippen LogP) is 1.83. The molecule has 1 unspecified atom stereocenters. The van der Waals surface area contributed by atoms with Crippen LogP contribution in [0.3, 0.4) is 0 Å². The maximum Gasteiger partial charge on any atom is 0.0666 e. The lowest BCUT2D eigenvalue weighted by Crippen LogP contribution is -2.26. The third kappa shape index (κ3) is 6.51. The summed E-state index contributed by atoms with van der Waals surface area (Å²) >= 11 is 1.95. The maximum absolute atomic E-state index is 8.57. The molecule has 0 aliphatic heterocycles. The molecule has 12 heavy (non-hydrogen) atoms. The van der Waals surface area contributed by atoms with Crippen LogP contribution in [0.2, 0.25) is 0 Å². The summed E-state index contributed by atoms with van der Waals surface area (Å²) in [6.07, 6.45) is 0. The summed E-state index contributed by atoms with van der Waals surface area (Å²) in [6.45, 7) is 6.11. The van der Waals surface area contributed by atoms with Gasteiger partial charge in [-0.3, -0.25) is 0 Å². The SMILES string of the molecule is CCSCCN(C)CC(C)C#N. The number of hydrogen-bond donors (Lipinski definition) is 0. The summed E-state index contributed by atoms with van der Waals surface area (Å²) < 4.78 is 0. The zero-order valence-corrected chi connectivity index (χ0v) is 9.02. The van der Waals surface area contributed by atoms with Crippen LogP contribution in [0.25, 0.3) is 0 Å². The molecule has 0 rings (SSSR count). The Balaban J connectivity index is 3.34. The summed E-state index contributed by atoms with van der Waals surface area (Å²) in [5.74, 6) is 2.51. The molecule has 1 atom stereocenters. The Labute approximate surface area is 79.9 Å². The van der Waals surface area contributed by atoms with Gasteiger partial charge in [-0.2, -0.15) is 17.0 Å². The van der Waals surface area contributed by atoms with E-state index in [0.29, 0.717) is 0 Å². The van der Waals surface area contributed by atoms with E-state index in [1.807, 2.05) is 18.7 Å². The summed E-state index contributed by atoms with van der Waals surface area (Å²) in [5, 5.41) is 8.57. The highest BCUT2D eigenvalue weighted by Crippen LogP contribution is 2.01. The number of nitriles is 1. The lowest BCUT2D eigenvalue weighted by molar-refractivity contribution is 0.329. The molecule has 0 saturated heterocycles. The summed E-state index contributed by atoms with van der Waals surface area (Å²) in [5.41, 5.74) is 0. The maximum atomic E-state index is 8.57. The van der Waals surface area contributed by atoms with Crippen molar-refractivity contribution in [3.63, 3.8) is 0 Å². The van der Waals surface area contributed by atoms with E-state index in [2.05, 4.69) is 24.9 Å². The van der Waals surface area contributed by atoms with Crippen molar-refractivity contribution in [1.29, 1.82) is 5.26 Å². The number of rotatable bonds is 6. The monoisotopic (exact) mass is 186 g/mol. The average molecular weight is 186 g/mol. The molecule has 0 aliphatic carbocycles. The Morgan fingerprint density at radius 1 is 1.58 bits per heavy atom. The number of nitrogens with zero attached hydrogens (tertiary/aromatic N) is 2. The fraction of sp³-hybridized carbons (Fsp3) is 0.889. The van der Waals surface area contributed by atoms with Gasteiger partial charge in [0, 0.05) is 18.8 Å². The number of hydrogen-bond acceptors (Lipinski definition) is 3. The zero-order chi connectivity index (χ0) is 9.40. The first kappa shape index (κ1) is 11.8. The molecule has 0 heterocycles. The first-order valence-corrected chi connectivity index (χ1v) is 5.52. The van der Waals surface area contributed by atoms with Crippen molar-refractivity contribution < 1.29 is 0 Å². The predicted molar refractivity (Wildman–Crippen MR) is 55.3 cm³/mol. The second-order valence-electron chi connectivity index (χ2n) is 2.99.